The second-order valence-corrected chi connectivity index (χ2v) is 10.9. The normalized spacial score (nSPS) is 12.5. The molecule has 1 aliphatic rings. The van der Waals surface area contributed by atoms with Gasteiger partial charge < -0.3 is 10.6 Å². The fraction of sp³-hybridized carbons (Fsp3) is 0.0435. The molecule has 8 nitrogen and oxygen atoms in total. The number of thiazole rings is 1. The SMILES string of the molecule is Cc1ccc(C(=O)Nc2cc(Br)cc(N3N=CN=I3)c2)cc1Nc1nc(-c2cccnc2)cs1. The predicted octanol–water partition coefficient (Wildman–Crippen LogP) is 7.10. The van der Waals surface area contributed by atoms with Gasteiger partial charge in [0.05, 0.1) is 11.4 Å². The predicted molar refractivity (Wildman–Crippen MR) is 149 cm³/mol. The van der Waals surface area contributed by atoms with Crippen molar-refractivity contribution in [2.45, 2.75) is 6.92 Å². The van der Waals surface area contributed by atoms with Gasteiger partial charge in [0, 0.05) is 44.7 Å². The van der Waals surface area contributed by atoms with Crippen LogP contribution in [-0.2, 0) is 0 Å². The fourth-order valence-corrected chi connectivity index (χ4v) is 5.63. The molecule has 0 atom stereocenters. The molecule has 2 aromatic heterocycles. The number of pyridine rings is 1. The molecule has 0 spiro atoms. The summed E-state index contributed by atoms with van der Waals surface area (Å²) in [6.07, 6.45) is 5.09. The van der Waals surface area contributed by atoms with Gasteiger partial charge in [0.15, 0.2) is 5.13 Å². The number of hydrogen-bond donors (Lipinski definition) is 2. The number of nitrogens with zero attached hydrogens (tertiary/aromatic N) is 5. The van der Waals surface area contributed by atoms with Crippen molar-refractivity contribution in [1.29, 1.82) is 0 Å². The zero-order valence-electron chi connectivity index (χ0n) is 17.7. The molecule has 2 N–H and O–H groups in total. The summed E-state index contributed by atoms with van der Waals surface area (Å²) < 4.78 is 6.92. The summed E-state index contributed by atoms with van der Waals surface area (Å²) in [7, 11) is 0. The van der Waals surface area contributed by atoms with Crippen molar-refractivity contribution in [3.05, 3.63) is 81.9 Å². The Balaban J connectivity index is 1.34. The number of halogens is 2. The number of carbonyl (C=O) groups excluding carboxylic acids is 1. The highest BCUT2D eigenvalue weighted by Gasteiger charge is 2.13. The van der Waals surface area contributed by atoms with Crippen LogP contribution < -0.4 is 13.9 Å². The third-order valence-electron chi connectivity index (χ3n) is 4.87. The summed E-state index contributed by atoms with van der Waals surface area (Å²) in [6.45, 7) is 1.99. The molecule has 1 aliphatic heterocycles. The van der Waals surface area contributed by atoms with Crippen LogP contribution in [0.1, 0.15) is 15.9 Å². The quantitative estimate of drug-likeness (QED) is 0.172. The summed E-state index contributed by atoms with van der Waals surface area (Å²) in [6, 6.07) is 15.1. The zero-order valence-corrected chi connectivity index (χ0v) is 22.3. The molecule has 34 heavy (non-hydrogen) atoms. The lowest BCUT2D eigenvalue weighted by molar-refractivity contribution is 0.102. The number of aryl methyl sites for hydroxylation is 1. The minimum atomic E-state index is -0.554. The number of anilines is 4. The lowest BCUT2D eigenvalue weighted by Gasteiger charge is -2.13. The molecule has 5 rings (SSSR count). The molecule has 0 aliphatic carbocycles. The molecule has 0 radical (unpaired) electrons. The van der Waals surface area contributed by atoms with Gasteiger partial charge in [-0.2, -0.15) is 6.37 Å². The minimum Gasteiger partial charge on any atom is -0.331 e. The molecule has 0 fully saturated rings. The zero-order chi connectivity index (χ0) is 23.5. The molecule has 0 saturated heterocycles. The standard InChI is InChI=1S/C23H17BrIN7OS/c1-14-4-5-15(7-20(14)30-23-31-21(12-34-23)16-3-2-6-26-11-16)22(33)29-18-8-17(24)9-19(10-18)32-25-27-13-28-32/h2-13H,1H3,(H,29,33)(H,30,31). The van der Waals surface area contributed by atoms with E-state index in [-0.39, 0.29) is 5.91 Å². The van der Waals surface area contributed by atoms with Crippen LogP contribution >= 0.6 is 48.6 Å². The summed E-state index contributed by atoms with van der Waals surface area (Å²) in [5, 5.41) is 13.3. The van der Waals surface area contributed by atoms with E-state index >= 15 is 0 Å². The topological polar surface area (TPSA) is 94.9 Å². The number of amides is 1. The molecular formula is C23H17BrIN7OS. The average molecular weight is 646 g/mol. The summed E-state index contributed by atoms with van der Waals surface area (Å²) in [5.41, 5.74) is 5.76. The van der Waals surface area contributed by atoms with Crippen molar-refractivity contribution >= 4 is 83.0 Å². The third kappa shape index (κ3) is 5.21. The lowest BCUT2D eigenvalue weighted by Crippen LogP contribution is -2.13. The number of benzene rings is 2. The number of carbonyl (C=O) groups is 1. The minimum absolute atomic E-state index is 0.202. The monoisotopic (exact) mass is 645 g/mol. The van der Waals surface area contributed by atoms with Crippen LogP contribution in [0.25, 0.3) is 11.3 Å². The molecular weight excluding hydrogens is 629 g/mol. The number of hydrogen-bond acceptors (Lipinski definition) is 8. The van der Waals surface area contributed by atoms with Gasteiger partial charge in [-0.05, 0) is 55.0 Å². The maximum atomic E-state index is 13.0. The van der Waals surface area contributed by atoms with E-state index in [1.807, 2.05) is 64.1 Å². The van der Waals surface area contributed by atoms with E-state index in [2.05, 4.69) is 44.8 Å². The second kappa shape index (κ2) is 10.1. The summed E-state index contributed by atoms with van der Waals surface area (Å²) in [4.78, 5) is 21.8. The van der Waals surface area contributed by atoms with Crippen LogP contribution in [0.15, 0.2) is 79.0 Å². The number of aromatic nitrogens is 2. The van der Waals surface area contributed by atoms with Crippen molar-refractivity contribution in [3.8, 4) is 11.3 Å². The molecule has 170 valence electrons. The van der Waals surface area contributed by atoms with Crippen LogP contribution in [0.5, 0.6) is 0 Å². The molecule has 4 aromatic rings. The first-order valence-corrected chi connectivity index (χ1v) is 13.7. The van der Waals surface area contributed by atoms with Gasteiger partial charge in [0.2, 0.25) is 0 Å². The average Bonchev–Trinajstić information content (AvgIpc) is 3.53. The van der Waals surface area contributed by atoms with Crippen molar-refractivity contribution in [3.63, 3.8) is 0 Å². The Morgan fingerprint density at radius 2 is 2.09 bits per heavy atom. The molecule has 2 aromatic carbocycles. The van der Waals surface area contributed by atoms with Crippen LogP contribution in [0.4, 0.5) is 22.2 Å². The van der Waals surface area contributed by atoms with Gasteiger partial charge in [-0.25, -0.2) is 4.98 Å². The van der Waals surface area contributed by atoms with E-state index in [1.165, 1.54) is 11.3 Å². The summed E-state index contributed by atoms with van der Waals surface area (Å²) in [5.74, 6) is -0.202. The van der Waals surface area contributed by atoms with Gasteiger partial charge >= 0.3 is 0 Å². The van der Waals surface area contributed by atoms with Crippen LogP contribution in [0.2, 0.25) is 0 Å². The van der Waals surface area contributed by atoms with E-state index in [0.717, 1.165) is 37.8 Å². The number of hydrazone groups is 1. The smallest absolute Gasteiger partial charge is 0.255 e. The Morgan fingerprint density at radius 3 is 2.88 bits per heavy atom. The van der Waals surface area contributed by atoms with Crippen molar-refractivity contribution in [1.82, 2.24) is 9.97 Å². The highest BCUT2D eigenvalue weighted by molar-refractivity contribution is 14.2. The Bertz CT molecular complexity index is 1410. The van der Waals surface area contributed by atoms with E-state index in [4.69, 9.17) is 0 Å². The lowest BCUT2D eigenvalue weighted by atomic mass is 10.1. The first-order valence-electron chi connectivity index (χ1n) is 10.1. The molecule has 11 heteroatoms. The van der Waals surface area contributed by atoms with Gasteiger partial charge in [-0.3, -0.25) is 9.78 Å². The van der Waals surface area contributed by atoms with E-state index in [9.17, 15) is 4.79 Å². The first-order chi connectivity index (χ1) is 16.5. The van der Waals surface area contributed by atoms with Gasteiger partial charge in [0.25, 0.3) is 5.91 Å². The van der Waals surface area contributed by atoms with Gasteiger partial charge in [-0.1, -0.05) is 22.0 Å². The summed E-state index contributed by atoms with van der Waals surface area (Å²) >= 11 is 4.46. The molecule has 0 unspecified atom stereocenters. The van der Waals surface area contributed by atoms with Crippen molar-refractivity contribution in [2.75, 3.05) is 13.9 Å². The van der Waals surface area contributed by atoms with Crippen molar-refractivity contribution in [2.24, 2.45) is 8.25 Å². The first kappa shape index (κ1) is 22.7. The number of rotatable bonds is 6. The van der Waals surface area contributed by atoms with Crippen molar-refractivity contribution < 1.29 is 4.79 Å². The Labute approximate surface area is 218 Å². The molecule has 1 amide bonds. The third-order valence-corrected chi connectivity index (χ3v) is 7.80. The van der Waals surface area contributed by atoms with Gasteiger partial charge in [-0.15, -0.1) is 16.4 Å². The van der Waals surface area contributed by atoms with Crippen LogP contribution in [0.3, 0.4) is 0 Å². The van der Waals surface area contributed by atoms with E-state index in [0.29, 0.717) is 11.3 Å². The molecule has 0 saturated carbocycles. The maximum absolute atomic E-state index is 13.0. The Morgan fingerprint density at radius 1 is 1.18 bits per heavy atom. The van der Waals surface area contributed by atoms with Crippen LogP contribution in [0, 0.1) is 6.92 Å². The van der Waals surface area contributed by atoms with Gasteiger partial charge in [0.1, 0.15) is 27.6 Å². The number of nitrogens with one attached hydrogen (secondary N) is 2. The Hall–Kier alpha value is -3.03. The van der Waals surface area contributed by atoms with E-state index in [1.54, 1.807) is 18.7 Å². The molecule has 3 heterocycles. The highest BCUT2D eigenvalue weighted by Crippen LogP contribution is 2.33. The second-order valence-electron chi connectivity index (χ2n) is 7.25. The fourth-order valence-electron chi connectivity index (χ4n) is 3.20. The Kier molecular flexibility index (Phi) is 6.74. The largest absolute Gasteiger partial charge is 0.331 e. The molecule has 0 bridgehead atoms. The maximum Gasteiger partial charge on any atom is 0.255 e. The van der Waals surface area contributed by atoms with E-state index < -0.39 is 21.3 Å². The van der Waals surface area contributed by atoms with Crippen LogP contribution in [-0.4, -0.2) is 22.2 Å². The highest BCUT2D eigenvalue weighted by atomic mass is 127.